The first-order chi connectivity index (χ1) is 3.93. The van der Waals surface area contributed by atoms with E-state index >= 15 is 0 Å². The van der Waals surface area contributed by atoms with Crippen molar-refractivity contribution in [1.82, 2.24) is 0 Å². The molecular formula is C8H7BrMg. The molecule has 0 aliphatic carbocycles. The van der Waals surface area contributed by atoms with Crippen LogP contribution in [-0.2, 0) is 0 Å². The Morgan fingerprint density at radius 2 is 2.20 bits per heavy atom. The zero-order valence-corrected chi connectivity index (χ0v) is 8.68. The number of halogens is 1. The number of hydrogen-bond acceptors (Lipinski definition) is 0. The van der Waals surface area contributed by atoms with E-state index in [2.05, 4.69) is 12.6 Å². The third kappa shape index (κ3) is 4.09. The first-order valence-corrected chi connectivity index (χ1v) is 2.52. The van der Waals surface area contributed by atoms with Crippen LogP contribution in [0.15, 0.2) is 30.8 Å². The van der Waals surface area contributed by atoms with E-state index in [-0.39, 0.29) is 40.0 Å². The van der Waals surface area contributed by atoms with E-state index in [1.807, 2.05) is 24.3 Å². The van der Waals surface area contributed by atoms with E-state index in [1.165, 1.54) is 0 Å². The average molecular weight is 207 g/mol. The van der Waals surface area contributed by atoms with Crippen molar-refractivity contribution in [3.8, 4) is 0 Å². The molecule has 0 radical (unpaired) electrons. The van der Waals surface area contributed by atoms with Crippen LogP contribution in [0.5, 0.6) is 0 Å². The monoisotopic (exact) mass is 206 g/mol. The minimum Gasteiger partial charge on any atom is -1.00 e. The number of benzene rings is 1. The fraction of sp³-hybridized carbons (Fsp3) is 0. The van der Waals surface area contributed by atoms with Gasteiger partial charge >= 0.3 is 23.1 Å². The summed E-state index contributed by atoms with van der Waals surface area (Å²) in [7, 11) is 0. The molecule has 10 heavy (non-hydrogen) atoms. The normalized spacial score (nSPS) is 6.80. The molecule has 1 aromatic carbocycles. The molecule has 0 atom stereocenters. The molecule has 1 rings (SSSR count). The summed E-state index contributed by atoms with van der Waals surface area (Å²) in [5, 5.41) is 0. The Kier molecular flexibility index (Phi) is 9.40. The van der Waals surface area contributed by atoms with Crippen LogP contribution in [0.25, 0.3) is 6.08 Å². The van der Waals surface area contributed by atoms with Gasteiger partial charge in [-0.05, 0) is 0 Å². The van der Waals surface area contributed by atoms with Crippen molar-refractivity contribution in [2.24, 2.45) is 0 Å². The van der Waals surface area contributed by atoms with Gasteiger partial charge in [-0.1, -0.05) is 0 Å². The number of rotatable bonds is 1. The maximum absolute atomic E-state index is 3.61. The first-order valence-electron chi connectivity index (χ1n) is 2.52. The van der Waals surface area contributed by atoms with Gasteiger partial charge in [0.1, 0.15) is 0 Å². The second-order valence-corrected chi connectivity index (χ2v) is 1.54. The van der Waals surface area contributed by atoms with E-state index in [4.69, 9.17) is 0 Å². The van der Waals surface area contributed by atoms with Crippen molar-refractivity contribution in [3.63, 3.8) is 0 Å². The molecule has 0 heterocycles. The molecule has 0 aliphatic heterocycles. The van der Waals surface area contributed by atoms with Crippen LogP contribution in [0, 0.1) is 6.07 Å². The summed E-state index contributed by atoms with van der Waals surface area (Å²) in [5.41, 5.74) is 1.12. The summed E-state index contributed by atoms with van der Waals surface area (Å²) in [4.78, 5) is 0. The van der Waals surface area contributed by atoms with E-state index in [9.17, 15) is 0 Å². The maximum Gasteiger partial charge on any atom is 2.00 e. The first kappa shape index (κ1) is 12.8. The van der Waals surface area contributed by atoms with Gasteiger partial charge in [-0.15, -0.1) is 18.2 Å². The molecule has 48 valence electrons. The van der Waals surface area contributed by atoms with Crippen molar-refractivity contribution >= 4 is 29.1 Å². The second kappa shape index (κ2) is 7.31. The summed E-state index contributed by atoms with van der Waals surface area (Å²) in [6, 6.07) is 10.6. The summed E-state index contributed by atoms with van der Waals surface area (Å²) < 4.78 is 0. The topological polar surface area (TPSA) is 0 Å². The molecule has 2 heteroatoms. The third-order valence-corrected chi connectivity index (χ3v) is 0.967. The molecule has 1 aromatic rings. The molecule has 0 unspecified atom stereocenters. The molecule has 0 saturated carbocycles. The molecule has 0 spiro atoms. The molecule has 0 fully saturated rings. The third-order valence-electron chi connectivity index (χ3n) is 0.967. The predicted octanol–water partition coefficient (Wildman–Crippen LogP) is -1.25. The van der Waals surface area contributed by atoms with Gasteiger partial charge in [0.15, 0.2) is 0 Å². The number of hydrogen-bond donors (Lipinski definition) is 0. The van der Waals surface area contributed by atoms with Crippen LogP contribution in [0.3, 0.4) is 0 Å². The minimum atomic E-state index is 0. The largest absolute Gasteiger partial charge is 2.00 e. The molecule has 0 nitrogen and oxygen atoms in total. The van der Waals surface area contributed by atoms with Gasteiger partial charge in [0.25, 0.3) is 0 Å². The standard InChI is InChI=1S/C8H7.BrH.Mg/c1-2-8-6-4-3-5-7-8;;/h2-4,6-7H,1H2;1H;/q-1;;+2/p-1. The zero-order valence-electron chi connectivity index (χ0n) is 5.68. The Bertz CT molecular complexity index is 172. The summed E-state index contributed by atoms with van der Waals surface area (Å²) in [5.74, 6) is 0. The van der Waals surface area contributed by atoms with Crippen molar-refractivity contribution < 1.29 is 17.0 Å². The summed E-state index contributed by atoms with van der Waals surface area (Å²) >= 11 is 0. The Balaban J connectivity index is 0. The molecule has 0 aromatic heterocycles. The van der Waals surface area contributed by atoms with E-state index in [0.29, 0.717) is 0 Å². The fourth-order valence-electron chi connectivity index (χ4n) is 0.534. The van der Waals surface area contributed by atoms with Crippen molar-refractivity contribution in [2.75, 3.05) is 0 Å². The summed E-state index contributed by atoms with van der Waals surface area (Å²) in [6.07, 6.45) is 1.80. The van der Waals surface area contributed by atoms with E-state index in [0.717, 1.165) is 5.56 Å². The molecule has 0 N–H and O–H groups in total. The van der Waals surface area contributed by atoms with Gasteiger partial charge in [0, 0.05) is 0 Å². The van der Waals surface area contributed by atoms with Crippen LogP contribution in [0.4, 0.5) is 0 Å². The van der Waals surface area contributed by atoms with Crippen molar-refractivity contribution in [3.05, 3.63) is 42.5 Å². The molecule has 0 saturated heterocycles. The van der Waals surface area contributed by atoms with Gasteiger partial charge in [-0.2, -0.15) is 30.3 Å². The van der Waals surface area contributed by atoms with Crippen molar-refractivity contribution in [1.29, 1.82) is 0 Å². The Hall–Kier alpha value is 0.206. The smallest absolute Gasteiger partial charge is 1.00 e. The van der Waals surface area contributed by atoms with Crippen LogP contribution < -0.4 is 17.0 Å². The minimum absolute atomic E-state index is 0. The molecule has 0 aliphatic rings. The van der Waals surface area contributed by atoms with Crippen LogP contribution >= 0.6 is 0 Å². The maximum atomic E-state index is 3.61. The van der Waals surface area contributed by atoms with E-state index < -0.39 is 0 Å². The van der Waals surface area contributed by atoms with Crippen LogP contribution in [0.1, 0.15) is 5.56 Å². The Morgan fingerprint density at radius 3 is 2.50 bits per heavy atom. The van der Waals surface area contributed by atoms with Gasteiger partial charge in [0.05, 0.1) is 0 Å². The average Bonchev–Trinajstić information content (AvgIpc) is 1.90. The quantitative estimate of drug-likeness (QED) is 0.399. The van der Waals surface area contributed by atoms with Gasteiger partial charge < -0.3 is 17.0 Å². The van der Waals surface area contributed by atoms with Crippen LogP contribution in [0.2, 0.25) is 0 Å². The van der Waals surface area contributed by atoms with E-state index in [1.54, 1.807) is 6.08 Å². The van der Waals surface area contributed by atoms with Gasteiger partial charge in [0.2, 0.25) is 0 Å². The molecule has 0 bridgehead atoms. The predicted molar refractivity (Wildman–Crippen MR) is 41.1 cm³/mol. The van der Waals surface area contributed by atoms with Crippen molar-refractivity contribution in [2.45, 2.75) is 0 Å². The van der Waals surface area contributed by atoms with Gasteiger partial charge in [-0.3, -0.25) is 0 Å². The molecule has 0 amide bonds. The Labute approximate surface area is 88.3 Å². The second-order valence-electron chi connectivity index (χ2n) is 1.54. The van der Waals surface area contributed by atoms with Crippen LogP contribution in [-0.4, -0.2) is 23.1 Å². The van der Waals surface area contributed by atoms with Gasteiger partial charge in [-0.25, -0.2) is 0 Å². The zero-order chi connectivity index (χ0) is 5.82. The fourth-order valence-corrected chi connectivity index (χ4v) is 0.534. The molecular weight excluding hydrogens is 200 g/mol. The summed E-state index contributed by atoms with van der Waals surface area (Å²) in [6.45, 7) is 3.61. The Morgan fingerprint density at radius 1 is 1.50 bits per heavy atom. The SMILES string of the molecule is C=Cc1c[c-]ccc1.[Br-].[Mg+2].